The van der Waals surface area contributed by atoms with E-state index in [9.17, 15) is 0 Å². The summed E-state index contributed by atoms with van der Waals surface area (Å²) in [6, 6.07) is 39.4. The third-order valence-corrected chi connectivity index (χ3v) is 5.60. The van der Waals surface area contributed by atoms with Crippen molar-refractivity contribution in [3.63, 3.8) is 0 Å². The van der Waals surface area contributed by atoms with Gasteiger partial charge in [0.15, 0.2) is 23.3 Å². The van der Waals surface area contributed by atoms with Gasteiger partial charge in [0.25, 0.3) is 0 Å². The molecule has 0 radical (unpaired) electrons. The summed E-state index contributed by atoms with van der Waals surface area (Å²) >= 11 is 0. The quantitative estimate of drug-likeness (QED) is 0.294. The van der Waals surface area contributed by atoms with Crippen LogP contribution in [0.2, 0.25) is 0 Å². The minimum Gasteiger partial charge on any atom is -0.208 e. The lowest BCUT2D eigenvalue weighted by atomic mass is 10.2. The summed E-state index contributed by atoms with van der Waals surface area (Å²) in [6.07, 6.45) is 0. The van der Waals surface area contributed by atoms with Crippen LogP contribution in [0.25, 0.3) is 57.2 Å². The van der Waals surface area contributed by atoms with Crippen LogP contribution in [0, 0.1) is 0 Å². The fraction of sp³-hybridized carbons (Fsp3) is 0. The van der Waals surface area contributed by atoms with Gasteiger partial charge in [0, 0.05) is 22.3 Å². The highest BCUT2D eigenvalue weighted by Gasteiger charge is 2.17. The minimum absolute atomic E-state index is 0.388. The fourth-order valence-electron chi connectivity index (χ4n) is 3.82. The van der Waals surface area contributed by atoms with E-state index in [1.54, 1.807) is 0 Å². The van der Waals surface area contributed by atoms with Crippen LogP contribution in [-0.4, -0.2) is 29.9 Å². The average molecular weight is 465 g/mol. The Bertz CT molecular complexity index is 1370. The van der Waals surface area contributed by atoms with Crippen molar-refractivity contribution in [2.45, 2.75) is 0 Å². The predicted octanol–water partition coefficient (Wildman–Crippen LogP) is 6.39. The first-order valence-electron chi connectivity index (χ1n) is 11.6. The van der Waals surface area contributed by atoms with Gasteiger partial charge in [0.1, 0.15) is 0 Å². The Balaban J connectivity index is 1.58. The molecular formula is C30H20N6. The Kier molecular flexibility index (Phi) is 5.74. The van der Waals surface area contributed by atoms with Crippen LogP contribution in [-0.2, 0) is 0 Å². The van der Waals surface area contributed by atoms with Crippen molar-refractivity contribution >= 4 is 0 Å². The summed E-state index contributed by atoms with van der Waals surface area (Å²) in [4.78, 5) is 28.7. The molecule has 0 bridgehead atoms. The molecule has 6 heteroatoms. The fourth-order valence-corrected chi connectivity index (χ4v) is 3.82. The first kappa shape index (κ1) is 21.4. The molecule has 4 aromatic carbocycles. The second-order valence-corrected chi connectivity index (χ2v) is 8.08. The monoisotopic (exact) mass is 464 g/mol. The first-order chi connectivity index (χ1) is 17.8. The van der Waals surface area contributed by atoms with Crippen molar-refractivity contribution in [1.82, 2.24) is 29.9 Å². The zero-order valence-corrected chi connectivity index (χ0v) is 19.2. The van der Waals surface area contributed by atoms with Crippen molar-refractivity contribution in [3.05, 3.63) is 121 Å². The molecule has 170 valence electrons. The summed E-state index contributed by atoms with van der Waals surface area (Å²) in [5.74, 6) is 3.01. The van der Waals surface area contributed by atoms with Crippen molar-refractivity contribution < 1.29 is 0 Å². The van der Waals surface area contributed by atoms with Crippen LogP contribution in [0.15, 0.2) is 121 Å². The van der Waals surface area contributed by atoms with E-state index in [4.69, 9.17) is 29.9 Å². The predicted molar refractivity (Wildman–Crippen MR) is 140 cm³/mol. The van der Waals surface area contributed by atoms with E-state index >= 15 is 0 Å². The summed E-state index contributed by atoms with van der Waals surface area (Å²) in [6.45, 7) is 0. The molecule has 6 aromatic rings. The van der Waals surface area contributed by atoms with Gasteiger partial charge >= 0.3 is 0 Å². The lowest BCUT2D eigenvalue weighted by Crippen LogP contribution is -2.05. The molecule has 0 N–H and O–H groups in total. The average Bonchev–Trinajstić information content (AvgIpc) is 2.98. The molecule has 0 amide bonds. The van der Waals surface area contributed by atoms with E-state index in [1.165, 1.54) is 0 Å². The topological polar surface area (TPSA) is 77.3 Å². The van der Waals surface area contributed by atoms with Crippen LogP contribution in [0.4, 0.5) is 0 Å². The maximum Gasteiger partial charge on any atom is 0.202 e. The summed E-state index contributed by atoms with van der Waals surface area (Å²) in [7, 11) is 0. The van der Waals surface area contributed by atoms with Crippen molar-refractivity contribution in [2.24, 2.45) is 0 Å². The molecule has 6 nitrogen and oxygen atoms in total. The molecule has 6 rings (SSSR count). The van der Waals surface area contributed by atoms with Gasteiger partial charge in [-0.25, -0.2) is 29.9 Å². The SMILES string of the molecule is c1ccc(-c2nc(-c3ccccc3)nc(-c3nc(-c4ccccc4)nc(-c4ccccc4)n3)n2)cc1. The molecule has 36 heavy (non-hydrogen) atoms. The van der Waals surface area contributed by atoms with E-state index in [-0.39, 0.29) is 0 Å². The second kappa shape index (κ2) is 9.64. The Labute approximate surface area is 208 Å². The lowest BCUT2D eigenvalue weighted by molar-refractivity contribution is 1.00. The van der Waals surface area contributed by atoms with Crippen LogP contribution < -0.4 is 0 Å². The highest BCUT2D eigenvalue weighted by atomic mass is 15.1. The van der Waals surface area contributed by atoms with Crippen molar-refractivity contribution in [2.75, 3.05) is 0 Å². The molecule has 0 aliphatic heterocycles. The molecule has 0 unspecified atom stereocenters. The first-order valence-corrected chi connectivity index (χ1v) is 11.6. The Morgan fingerprint density at radius 2 is 0.417 bits per heavy atom. The van der Waals surface area contributed by atoms with E-state index in [1.807, 2.05) is 121 Å². The molecule has 0 saturated carbocycles. The zero-order chi connectivity index (χ0) is 24.2. The van der Waals surface area contributed by atoms with Crippen LogP contribution in [0.5, 0.6) is 0 Å². The number of rotatable bonds is 5. The van der Waals surface area contributed by atoms with Gasteiger partial charge in [-0.3, -0.25) is 0 Å². The Morgan fingerprint density at radius 3 is 0.639 bits per heavy atom. The molecule has 0 aliphatic rings. The summed E-state index contributed by atoms with van der Waals surface area (Å²) in [5, 5.41) is 0. The third-order valence-electron chi connectivity index (χ3n) is 5.60. The van der Waals surface area contributed by atoms with Crippen molar-refractivity contribution in [3.8, 4) is 57.2 Å². The molecule has 0 spiro atoms. The van der Waals surface area contributed by atoms with Crippen LogP contribution in [0.3, 0.4) is 0 Å². The Morgan fingerprint density at radius 1 is 0.222 bits per heavy atom. The summed E-state index contributed by atoms with van der Waals surface area (Å²) < 4.78 is 0. The molecule has 0 atom stereocenters. The normalized spacial score (nSPS) is 10.8. The van der Waals surface area contributed by atoms with Gasteiger partial charge in [-0.1, -0.05) is 121 Å². The third kappa shape index (κ3) is 4.48. The van der Waals surface area contributed by atoms with Crippen molar-refractivity contribution in [1.29, 1.82) is 0 Å². The van der Waals surface area contributed by atoms with Gasteiger partial charge in [-0.05, 0) is 0 Å². The Hall–Kier alpha value is -5.10. The van der Waals surface area contributed by atoms with E-state index < -0.39 is 0 Å². The van der Waals surface area contributed by atoms with Gasteiger partial charge in [-0.2, -0.15) is 0 Å². The second-order valence-electron chi connectivity index (χ2n) is 8.08. The van der Waals surface area contributed by atoms with E-state index in [0.29, 0.717) is 34.9 Å². The number of nitrogens with zero attached hydrogens (tertiary/aromatic N) is 6. The number of benzene rings is 4. The number of hydrogen-bond donors (Lipinski definition) is 0. The van der Waals surface area contributed by atoms with Crippen LogP contribution >= 0.6 is 0 Å². The standard InChI is InChI=1S/C30H20N6/c1-5-13-21(14-6-1)25-31-26(22-15-7-2-8-16-22)34-29(33-25)30-35-27(23-17-9-3-10-18-23)32-28(36-30)24-19-11-4-12-20-24/h1-20H. The smallest absolute Gasteiger partial charge is 0.202 e. The molecule has 2 aromatic heterocycles. The lowest BCUT2D eigenvalue weighted by Gasteiger charge is -2.10. The maximum atomic E-state index is 4.79. The van der Waals surface area contributed by atoms with E-state index in [0.717, 1.165) is 22.3 Å². The molecular weight excluding hydrogens is 444 g/mol. The molecule has 0 aliphatic carbocycles. The highest BCUT2D eigenvalue weighted by molar-refractivity contribution is 5.67. The van der Waals surface area contributed by atoms with Gasteiger partial charge in [0.05, 0.1) is 0 Å². The maximum absolute atomic E-state index is 4.79. The van der Waals surface area contributed by atoms with Gasteiger partial charge < -0.3 is 0 Å². The van der Waals surface area contributed by atoms with E-state index in [2.05, 4.69) is 0 Å². The number of hydrogen-bond acceptors (Lipinski definition) is 6. The molecule has 0 saturated heterocycles. The van der Waals surface area contributed by atoms with Crippen LogP contribution in [0.1, 0.15) is 0 Å². The highest BCUT2D eigenvalue weighted by Crippen LogP contribution is 2.26. The minimum atomic E-state index is 0.388. The largest absolute Gasteiger partial charge is 0.208 e. The number of aromatic nitrogens is 6. The summed E-state index contributed by atoms with van der Waals surface area (Å²) in [5.41, 5.74) is 3.55. The zero-order valence-electron chi connectivity index (χ0n) is 19.2. The molecule has 0 fully saturated rings. The van der Waals surface area contributed by atoms with Gasteiger partial charge in [-0.15, -0.1) is 0 Å². The molecule has 2 heterocycles. The van der Waals surface area contributed by atoms with Gasteiger partial charge in [0.2, 0.25) is 11.6 Å².